The quantitative estimate of drug-likeness (QED) is 0.833. The van der Waals surface area contributed by atoms with Crippen LogP contribution in [0.4, 0.5) is 0 Å². The highest BCUT2D eigenvalue weighted by Gasteiger charge is 2.26. The maximum atomic E-state index is 12.0. The van der Waals surface area contributed by atoms with Crippen LogP contribution in [-0.4, -0.2) is 43.7 Å². The third-order valence-electron chi connectivity index (χ3n) is 3.74. The van der Waals surface area contributed by atoms with Crippen LogP contribution in [0.1, 0.15) is 17.5 Å². The zero-order chi connectivity index (χ0) is 13.8. The van der Waals surface area contributed by atoms with Gasteiger partial charge in [0.1, 0.15) is 5.75 Å². The highest BCUT2D eigenvalue weighted by molar-refractivity contribution is 5.78. The van der Waals surface area contributed by atoms with E-state index in [1.807, 2.05) is 32.0 Å². The minimum absolute atomic E-state index is 0.0282. The van der Waals surface area contributed by atoms with Gasteiger partial charge in [0.05, 0.1) is 6.10 Å². The van der Waals surface area contributed by atoms with E-state index >= 15 is 0 Å². The second kappa shape index (κ2) is 6.06. The Hall–Kier alpha value is -1.55. The van der Waals surface area contributed by atoms with Crippen LogP contribution in [0.15, 0.2) is 18.2 Å². The van der Waals surface area contributed by atoms with Crippen molar-refractivity contribution in [1.82, 2.24) is 4.90 Å². The molecule has 104 valence electrons. The van der Waals surface area contributed by atoms with Crippen LogP contribution in [0.3, 0.4) is 0 Å². The van der Waals surface area contributed by atoms with Gasteiger partial charge in [-0.1, -0.05) is 12.1 Å². The minimum atomic E-state index is 0.0282. The lowest BCUT2D eigenvalue weighted by Crippen LogP contribution is -2.34. The van der Waals surface area contributed by atoms with Crippen LogP contribution in [0.2, 0.25) is 0 Å². The zero-order valence-corrected chi connectivity index (χ0v) is 11.8. The Kier molecular flexibility index (Phi) is 4.43. The van der Waals surface area contributed by atoms with Crippen LogP contribution < -0.4 is 4.74 Å². The fourth-order valence-corrected chi connectivity index (χ4v) is 2.26. The fourth-order valence-electron chi connectivity index (χ4n) is 2.26. The smallest absolute Gasteiger partial charge is 0.260 e. The maximum absolute atomic E-state index is 12.0. The molecule has 19 heavy (non-hydrogen) atoms. The van der Waals surface area contributed by atoms with Crippen molar-refractivity contribution >= 4 is 5.91 Å². The molecule has 1 aliphatic heterocycles. The lowest BCUT2D eigenvalue weighted by Gasteiger charge is -2.17. The molecule has 1 unspecified atom stereocenters. The first-order valence-electron chi connectivity index (χ1n) is 6.61. The van der Waals surface area contributed by atoms with Gasteiger partial charge in [-0.05, 0) is 37.5 Å². The summed E-state index contributed by atoms with van der Waals surface area (Å²) in [5.74, 6) is 0.816. The van der Waals surface area contributed by atoms with Gasteiger partial charge < -0.3 is 14.4 Å². The number of hydrogen-bond acceptors (Lipinski definition) is 3. The molecule has 0 radical (unpaired) electrons. The molecule has 1 atom stereocenters. The highest BCUT2D eigenvalue weighted by Crippen LogP contribution is 2.21. The van der Waals surface area contributed by atoms with Gasteiger partial charge in [-0.15, -0.1) is 0 Å². The monoisotopic (exact) mass is 263 g/mol. The average Bonchev–Trinajstić information content (AvgIpc) is 2.89. The number of nitrogens with zero attached hydrogens (tertiary/aromatic N) is 1. The molecular formula is C15H21NO3. The SMILES string of the molecule is COC1CCN(C(=O)COc2cccc(C)c2C)C1. The van der Waals surface area contributed by atoms with Crippen molar-refractivity contribution in [2.75, 3.05) is 26.8 Å². The summed E-state index contributed by atoms with van der Waals surface area (Å²) < 4.78 is 10.9. The molecular weight excluding hydrogens is 242 g/mol. The molecule has 1 amide bonds. The third-order valence-corrected chi connectivity index (χ3v) is 3.74. The molecule has 1 aliphatic rings. The van der Waals surface area contributed by atoms with Gasteiger partial charge in [-0.2, -0.15) is 0 Å². The fraction of sp³-hybridized carbons (Fsp3) is 0.533. The maximum Gasteiger partial charge on any atom is 0.260 e. The van der Waals surface area contributed by atoms with Crippen molar-refractivity contribution in [2.45, 2.75) is 26.4 Å². The van der Waals surface area contributed by atoms with Gasteiger partial charge in [0.2, 0.25) is 0 Å². The summed E-state index contributed by atoms with van der Waals surface area (Å²) in [5, 5.41) is 0. The van der Waals surface area contributed by atoms with Crippen LogP contribution >= 0.6 is 0 Å². The van der Waals surface area contributed by atoms with E-state index in [-0.39, 0.29) is 18.6 Å². The Balaban J connectivity index is 1.89. The summed E-state index contributed by atoms with van der Waals surface area (Å²) in [6, 6.07) is 5.88. The molecule has 0 N–H and O–H groups in total. The third kappa shape index (κ3) is 3.26. The molecule has 0 aliphatic carbocycles. The van der Waals surface area contributed by atoms with E-state index in [0.29, 0.717) is 6.54 Å². The average molecular weight is 263 g/mol. The molecule has 4 heteroatoms. The lowest BCUT2D eigenvalue weighted by atomic mass is 10.1. The number of benzene rings is 1. The van der Waals surface area contributed by atoms with E-state index in [1.54, 1.807) is 12.0 Å². The Morgan fingerprint density at radius 1 is 1.42 bits per heavy atom. The van der Waals surface area contributed by atoms with E-state index in [4.69, 9.17) is 9.47 Å². The van der Waals surface area contributed by atoms with Gasteiger partial charge in [0.15, 0.2) is 6.61 Å². The number of carbonyl (C=O) groups is 1. The van der Waals surface area contributed by atoms with E-state index in [0.717, 1.165) is 24.3 Å². The van der Waals surface area contributed by atoms with Crippen molar-refractivity contribution in [3.63, 3.8) is 0 Å². The van der Waals surface area contributed by atoms with Crippen molar-refractivity contribution in [2.24, 2.45) is 0 Å². The predicted octanol–water partition coefficient (Wildman–Crippen LogP) is 1.93. The number of amides is 1. The standard InChI is InChI=1S/C15H21NO3/c1-11-5-4-6-14(12(11)2)19-10-15(17)16-8-7-13(9-16)18-3/h4-6,13H,7-10H2,1-3H3. The zero-order valence-electron chi connectivity index (χ0n) is 11.8. The second-order valence-electron chi connectivity index (χ2n) is 4.97. The Bertz CT molecular complexity index is 459. The van der Waals surface area contributed by atoms with Crippen molar-refractivity contribution < 1.29 is 14.3 Å². The predicted molar refractivity (Wildman–Crippen MR) is 73.4 cm³/mol. The summed E-state index contributed by atoms with van der Waals surface area (Å²) in [6.45, 7) is 5.57. The number of methoxy groups -OCH3 is 1. The molecule has 1 aromatic carbocycles. The van der Waals surface area contributed by atoms with E-state index in [9.17, 15) is 4.79 Å². The lowest BCUT2D eigenvalue weighted by molar-refractivity contribution is -0.132. The van der Waals surface area contributed by atoms with Crippen molar-refractivity contribution in [3.8, 4) is 5.75 Å². The van der Waals surface area contributed by atoms with Crippen LogP contribution in [-0.2, 0) is 9.53 Å². The van der Waals surface area contributed by atoms with Crippen LogP contribution in [0.25, 0.3) is 0 Å². The largest absolute Gasteiger partial charge is 0.483 e. The Morgan fingerprint density at radius 3 is 2.89 bits per heavy atom. The topological polar surface area (TPSA) is 38.8 Å². The van der Waals surface area contributed by atoms with Crippen molar-refractivity contribution in [1.29, 1.82) is 0 Å². The van der Waals surface area contributed by atoms with Gasteiger partial charge in [-0.3, -0.25) is 4.79 Å². The Labute approximate surface area is 114 Å². The molecule has 0 bridgehead atoms. The van der Waals surface area contributed by atoms with Crippen LogP contribution in [0.5, 0.6) is 5.75 Å². The minimum Gasteiger partial charge on any atom is -0.483 e. The molecule has 2 rings (SSSR count). The summed E-state index contributed by atoms with van der Waals surface area (Å²) >= 11 is 0. The first kappa shape index (κ1) is 13.9. The molecule has 0 aromatic heterocycles. The molecule has 1 aromatic rings. The normalized spacial score (nSPS) is 18.7. The van der Waals surface area contributed by atoms with E-state index in [1.165, 1.54) is 5.56 Å². The Morgan fingerprint density at radius 2 is 2.21 bits per heavy atom. The number of ether oxygens (including phenoxy) is 2. The number of aryl methyl sites for hydroxylation is 1. The van der Waals surface area contributed by atoms with E-state index in [2.05, 4.69) is 0 Å². The molecule has 1 heterocycles. The molecule has 0 spiro atoms. The van der Waals surface area contributed by atoms with Gasteiger partial charge in [0.25, 0.3) is 5.91 Å². The molecule has 1 fully saturated rings. The number of hydrogen-bond donors (Lipinski definition) is 0. The molecule has 0 saturated carbocycles. The van der Waals surface area contributed by atoms with Crippen LogP contribution in [0, 0.1) is 13.8 Å². The number of rotatable bonds is 4. The molecule has 1 saturated heterocycles. The summed E-state index contributed by atoms with van der Waals surface area (Å²) in [4.78, 5) is 13.8. The summed E-state index contributed by atoms with van der Waals surface area (Å²) in [7, 11) is 1.69. The van der Waals surface area contributed by atoms with Crippen molar-refractivity contribution in [3.05, 3.63) is 29.3 Å². The second-order valence-corrected chi connectivity index (χ2v) is 4.97. The van der Waals surface area contributed by atoms with Gasteiger partial charge in [-0.25, -0.2) is 0 Å². The summed E-state index contributed by atoms with van der Waals surface area (Å²) in [6.07, 6.45) is 1.08. The molecule has 4 nitrogen and oxygen atoms in total. The number of carbonyl (C=O) groups excluding carboxylic acids is 1. The first-order valence-corrected chi connectivity index (χ1v) is 6.61. The number of likely N-dealkylation sites (tertiary alicyclic amines) is 1. The highest BCUT2D eigenvalue weighted by atomic mass is 16.5. The summed E-state index contributed by atoms with van der Waals surface area (Å²) in [5.41, 5.74) is 2.26. The first-order chi connectivity index (χ1) is 9.11. The van der Waals surface area contributed by atoms with Gasteiger partial charge >= 0.3 is 0 Å². The van der Waals surface area contributed by atoms with Gasteiger partial charge in [0, 0.05) is 20.2 Å². The van der Waals surface area contributed by atoms with E-state index < -0.39 is 0 Å².